The second kappa shape index (κ2) is 12.1. The Morgan fingerprint density at radius 2 is 1.36 bits per heavy atom. The Kier molecular flexibility index (Phi) is 8.07. The number of ether oxygens (including phenoxy) is 3. The van der Waals surface area contributed by atoms with Gasteiger partial charge in [-0.15, -0.1) is 0 Å². The lowest BCUT2D eigenvalue weighted by Crippen LogP contribution is -2.37. The Morgan fingerprint density at radius 1 is 0.738 bits per heavy atom. The molecule has 0 aromatic heterocycles. The van der Waals surface area contributed by atoms with Crippen LogP contribution < -0.4 is 14.2 Å². The van der Waals surface area contributed by atoms with Gasteiger partial charge in [0.15, 0.2) is 23.1 Å². The highest BCUT2D eigenvalue weighted by molar-refractivity contribution is 6.30. The second-order valence-corrected chi connectivity index (χ2v) is 11.4. The van der Waals surface area contributed by atoms with Gasteiger partial charge in [0.25, 0.3) is 0 Å². The third kappa shape index (κ3) is 5.43. The molecule has 216 valence electrons. The molecule has 1 heterocycles. The molecule has 6 rings (SSSR count). The SMILES string of the molecule is COc1cc(COc2ccc(Cl)cc2C2C3=C(CCCC3=O)N(C)C3=C2C(=O)CCC3)ccc1OCc1ccccc1. The third-order valence-corrected chi connectivity index (χ3v) is 8.62. The molecular weight excluding hydrogens is 550 g/mol. The summed E-state index contributed by atoms with van der Waals surface area (Å²) in [6, 6.07) is 21.2. The van der Waals surface area contributed by atoms with Crippen molar-refractivity contribution < 1.29 is 23.8 Å². The number of rotatable bonds is 8. The van der Waals surface area contributed by atoms with Crippen LogP contribution in [0.25, 0.3) is 0 Å². The molecule has 42 heavy (non-hydrogen) atoms. The predicted molar refractivity (Wildman–Crippen MR) is 162 cm³/mol. The van der Waals surface area contributed by atoms with E-state index in [1.165, 1.54) is 0 Å². The summed E-state index contributed by atoms with van der Waals surface area (Å²) in [6.45, 7) is 0.696. The molecule has 0 saturated carbocycles. The third-order valence-electron chi connectivity index (χ3n) is 8.39. The average molecular weight is 584 g/mol. The monoisotopic (exact) mass is 583 g/mol. The molecule has 7 heteroatoms. The number of halogens is 1. The molecule has 3 aromatic rings. The maximum atomic E-state index is 13.4. The number of methoxy groups -OCH3 is 1. The van der Waals surface area contributed by atoms with Gasteiger partial charge in [-0.2, -0.15) is 0 Å². The van der Waals surface area contributed by atoms with Crippen molar-refractivity contribution in [2.24, 2.45) is 0 Å². The average Bonchev–Trinajstić information content (AvgIpc) is 3.01. The molecule has 3 aliphatic rings. The van der Waals surface area contributed by atoms with Gasteiger partial charge in [-0.3, -0.25) is 9.59 Å². The van der Waals surface area contributed by atoms with Crippen molar-refractivity contribution in [3.63, 3.8) is 0 Å². The molecule has 0 spiro atoms. The Bertz CT molecular complexity index is 1550. The van der Waals surface area contributed by atoms with Crippen LogP contribution in [0.15, 0.2) is 89.3 Å². The van der Waals surface area contributed by atoms with Crippen LogP contribution >= 0.6 is 11.6 Å². The van der Waals surface area contributed by atoms with E-state index in [9.17, 15) is 9.59 Å². The lowest BCUT2D eigenvalue weighted by molar-refractivity contribution is -0.117. The second-order valence-electron chi connectivity index (χ2n) is 11.0. The smallest absolute Gasteiger partial charge is 0.161 e. The van der Waals surface area contributed by atoms with Crippen LogP contribution in [0, 0.1) is 0 Å². The summed E-state index contributed by atoms with van der Waals surface area (Å²) < 4.78 is 18.1. The van der Waals surface area contributed by atoms with E-state index in [2.05, 4.69) is 4.90 Å². The zero-order chi connectivity index (χ0) is 29.2. The van der Waals surface area contributed by atoms with Gasteiger partial charge in [-0.1, -0.05) is 48.0 Å². The molecular formula is C35H34ClNO5. The Labute approximate surface area is 251 Å². The summed E-state index contributed by atoms with van der Waals surface area (Å²) in [5.41, 5.74) is 6.19. The van der Waals surface area contributed by atoms with E-state index in [1.807, 2.05) is 67.7 Å². The predicted octanol–water partition coefficient (Wildman–Crippen LogP) is 7.55. The molecule has 0 atom stereocenters. The number of benzene rings is 3. The van der Waals surface area contributed by atoms with Gasteiger partial charge < -0.3 is 19.1 Å². The standard InChI is InChI=1S/C35H34ClNO5/c1-37-26-10-6-12-28(38)34(26)33(35-27(37)11-7-13-29(35)39)25-19-24(36)15-17-30(25)41-21-23-14-16-31(32(18-23)40-2)42-20-22-8-4-3-5-9-22/h3-5,8-9,14-19,33H,6-7,10-13,20-21H2,1-2H3. The number of carbonyl (C=O) groups is 2. The van der Waals surface area contributed by atoms with Crippen molar-refractivity contribution in [2.75, 3.05) is 14.2 Å². The molecule has 1 aliphatic heterocycles. The maximum absolute atomic E-state index is 13.4. The zero-order valence-corrected chi connectivity index (χ0v) is 24.7. The summed E-state index contributed by atoms with van der Waals surface area (Å²) in [7, 11) is 3.61. The van der Waals surface area contributed by atoms with Crippen molar-refractivity contribution in [1.82, 2.24) is 4.90 Å². The first-order valence-corrected chi connectivity index (χ1v) is 14.8. The number of Topliss-reactive ketones (excluding diaryl/α,β-unsaturated/α-hetero) is 2. The van der Waals surface area contributed by atoms with Gasteiger partial charge in [0.2, 0.25) is 0 Å². The highest BCUT2D eigenvalue weighted by atomic mass is 35.5. The van der Waals surface area contributed by atoms with Crippen molar-refractivity contribution in [3.05, 3.63) is 111 Å². The molecule has 6 nitrogen and oxygen atoms in total. The van der Waals surface area contributed by atoms with Gasteiger partial charge in [-0.25, -0.2) is 0 Å². The van der Waals surface area contributed by atoms with Crippen LogP contribution in [0.5, 0.6) is 17.2 Å². The number of hydrogen-bond donors (Lipinski definition) is 0. The lowest BCUT2D eigenvalue weighted by Gasteiger charge is -2.42. The summed E-state index contributed by atoms with van der Waals surface area (Å²) in [5.74, 6) is 1.58. The topological polar surface area (TPSA) is 65.1 Å². The normalized spacial score (nSPS) is 17.3. The number of hydrogen-bond acceptors (Lipinski definition) is 6. The molecule has 0 amide bonds. The fourth-order valence-corrected chi connectivity index (χ4v) is 6.54. The summed E-state index contributed by atoms with van der Waals surface area (Å²) >= 11 is 6.54. The summed E-state index contributed by atoms with van der Waals surface area (Å²) in [4.78, 5) is 29.0. The molecule has 0 N–H and O–H groups in total. The van der Waals surface area contributed by atoms with Gasteiger partial charge in [0.05, 0.1) is 7.11 Å². The van der Waals surface area contributed by atoms with Crippen molar-refractivity contribution in [3.8, 4) is 17.2 Å². The Hall–Kier alpha value is -4.03. The van der Waals surface area contributed by atoms with Crippen LogP contribution in [-0.4, -0.2) is 30.6 Å². The Morgan fingerprint density at radius 3 is 2.02 bits per heavy atom. The van der Waals surface area contributed by atoms with E-state index in [1.54, 1.807) is 13.2 Å². The van der Waals surface area contributed by atoms with Crippen molar-refractivity contribution in [2.45, 2.75) is 57.7 Å². The quantitative estimate of drug-likeness (QED) is 0.273. The highest BCUT2D eigenvalue weighted by Crippen LogP contribution is 2.50. The maximum Gasteiger partial charge on any atom is 0.161 e. The lowest BCUT2D eigenvalue weighted by atomic mass is 9.71. The van der Waals surface area contributed by atoms with Gasteiger partial charge in [-0.05, 0) is 67.1 Å². The molecule has 2 aliphatic carbocycles. The van der Waals surface area contributed by atoms with Gasteiger partial charge >= 0.3 is 0 Å². The van der Waals surface area contributed by atoms with Crippen LogP contribution in [-0.2, 0) is 22.8 Å². The fourth-order valence-electron chi connectivity index (χ4n) is 6.36. The molecule has 0 saturated heterocycles. The van der Waals surface area contributed by atoms with Crippen LogP contribution in [0.1, 0.15) is 61.1 Å². The van der Waals surface area contributed by atoms with Gasteiger partial charge in [0.1, 0.15) is 19.0 Å². The fraction of sp³-hybridized carbons (Fsp3) is 0.314. The number of carbonyl (C=O) groups excluding carboxylic acids is 2. The van der Waals surface area contributed by atoms with Crippen molar-refractivity contribution in [1.29, 1.82) is 0 Å². The number of nitrogens with zero attached hydrogens (tertiary/aromatic N) is 1. The first-order chi connectivity index (χ1) is 20.4. The van der Waals surface area contributed by atoms with E-state index in [-0.39, 0.29) is 18.2 Å². The van der Waals surface area contributed by atoms with E-state index in [0.717, 1.165) is 53.8 Å². The summed E-state index contributed by atoms with van der Waals surface area (Å²) in [6.07, 6.45) is 4.22. The highest BCUT2D eigenvalue weighted by Gasteiger charge is 2.43. The minimum absolute atomic E-state index is 0.0970. The van der Waals surface area contributed by atoms with E-state index in [0.29, 0.717) is 52.9 Å². The van der Waals surface area contributed by atoms with Crippen LogP contribution in [0.4, 0.5) is 0 Å². The molecule has 0 bridgehead atoms. The molecule has 0 radical (unpaired) electrons. The Balaban J connectivity index is 1.31. The minimum Gasteiger partial charge on any atom is -0.493 e. The van der Waals surface area contributed by atoms with Gasteiger partial charge in [0, 0.05) is 58.9 Å². The number of allylic oxidation sites excluding steroid dienone is 4. The van der Waals surface area contributed by atoms with Crippen LogP contribution in [0.2, 0.25) is 5.02 Å². The zero-order valence-electron chi connectivity index (χ0n) is 24.0. The molecule has 0 unspecified atom stereocenters. The number of ketones is 2. The van der Waals surface area contributed by atoms with E-state index < -0.39 is 5.92 Å². The molecule has 0 fully saturated rings. The first-order valence-electron chi connectivity index (χ1n) is 14.5. The minimum atomic E-state index is -0.483. The first kappa shape index (κ1) is 28.1. The largest absolute Gasteiger partial charge is 0.493 e. The van der Waals surface area contributed by atoms with E-state index >= 15 is 0 Å². The van der Waals surface area contributed by atoms with Crippen molar-refractivity contribution >= 4 is 23.2 Å². The van der Waals surface area contributed by atoms with Crippen LogP contribution in [0.3, 0.4) is 0 Å². The molecule has 3 aromatic carbocycles. The van der Waals surface area contributed by atoms with E-state index in [4.69, 9.17) is 25.8 Å². The summed E-state index contributed by atoms with van der Waals surface area (Å²) in [5, 5.41) is 0.536.